The van der Waals surface area contributed by atoms with E-state index < -0.39 is 10.0 Å². The Balaban J connectivity index is 1.66. The van der Waals surface area contributed by atoms with Crippen LogP contribution in [0.3, 0.4) is 0 Å². The minimum Gasteiger partial charge on any atom is -0.456 e. The highest BCUT2D eigenvalue weighted by atomic mass is 32.2. The summed E-state index contributed by atoms with van der Waals surface area (Å²) in [5.41, 5.74) is 2.02. The highest BCUT2D eigenvalue weighted by molar-refractivity contribution is 7.92. The van der Waals surface area contributed by atoms with Gasteiger partial charge in [0.15, 0.2) is 0 Å². The Morgan fingerprint density at radius 2 is 2.13 bits per heavy atom. The summed E-state index contributed by atoms with van der Waals surface area (Å²) in [6.07, 6.45) is 4.38. The molecule has 2 heterocycles. The second-order valence-corrected chi connectivity index (χ2v) is 9.18. The van der Waals surface area contributed by atoms with E-state index in [1.54, 1.807) is 31.2 Å². The van der Waals surface area contributed by atoms with Gasteiger partial charge in [0.1, 0.15) is 29.0 Å². The number of nitrogens with zero attached hydrogens (tertiary/aromatic N) is 4. The lowest BCUT2D eigenvalue weighted by molar-refractivity contribution is 0.481. The van der Waals surface area contributed by atoms with Crippen LogP contribution in [0.15, 0.2) is 46.4 Å². The number of rotatable bonds is 6. The Morgan fingerprint density at radius 1 is 1.26 bits per heavy atom. The molecule has 0 bridgehead atoms. The largest absolute Gasteiger partial charge is 0.456 e. The number of ether oxygens (including phenoxy) is 1. The second-order valence-electron chi connectivity index (χ2n) is 7.34. The van der Waals surface area contributed by atoms with Crippen molar-refractivity contribution < 1.29 is 13.2 Å². The van der Waals surface area contributed by atoms with E-state index in [0.717, 1.165) is 43.0 Å². The molecule has 0 saturated heterocycles. The van der Waals surface area contributed by atoms with Crippen molar-refractivity contribution in [1.29, 1.82) is 5.26 Å². The van der Waals surface area contributed by atoms with Gasteiger partial charge in [0.25, 0.3) is 0 Å². The van der Waals surface area contributed by atoms with Crippen LogP contribution in [0.1, 0.15) is 37.3 Å². The Labute approximate surface area is 181 Å². The predicted octanol–water partition coefficient (Wildman–Crippen LogP) is 4.02. The first-order valence-electron chi connectivity index (χ1n) is 10.2. The predicted molar refractivity (Wildman–Crippen MR) is 121 cm³/mol. The molecule has 0 saturated carbocycles. The number of nitrogens with one attached hydrogen (secondary N) is 1. The molecule has 0 radical (unpaired) electrons. The summed E-state index contributed by atoms with van der Waals surface area (Å²) in [6, 6.07) is 12.4. The number of amidine groups is 1. The van der Waals surface area contributed by atoms with E-state index in [4.69, 9.17) is 9.73 Å². The zero-order valence-electron chi connectivity index (χ0n) is 17.2. The van der Waals surface area contributed by atoms with Gasteiger partial charge >= 0.3 is 0 Å². The highest BCUT2D eigenvalue weighted by Gasteiger charge is 2.22. The number of benzene rings is 2. The van der Waals surface area contributed by atoms with Crippen LogP contribution in [0.4, 0.5) is 11.4 Å². The number of hydrogen-bond donors (Lipinski definition) is 1. The molecule has 1 N–H and O–H groups in total. The van der Waals surface area contributed by atoms with Crippen molar-refractivity contribution in [2.75, 3.05) is 23.6 Å². The molecule has 0 aliphatic carbocycles. The maximum atomic E-state index is 12.2. The molecule has 2 aliphatic rings. The van der Waals surface area contributed by atoms with Gasteiger partial charge in [-0.2, -0.15) is 5.26 Å². The lowest BCUT2D eigenvalue weighted by Crippen LogP contribution is -2.32. The first-order valence-corrected chi connectivity index (χ1v) is 11.9. The van der Waals surface area contributed by atoms with Gasteiger partial charge in [-0.1, -0.05) is 13.0 Å². The Kier molecular flexibility index (Phi) is 5.91. The van der Waals surface area contributed by atoms with Crippen LogP contribution in [-0.4, -0.2) is 44.3 Å². The fraction of sp³-hybridized carbons (Fsp3) is 0.318. The van der Waals surface area contributed by atoms with E-state index in [1.807, 2.05) is 23.4 Å². The second kappa shape index (κ2) is 8.78. The molecule has 0 amide bonds. The van der Waals surface area contributed by atoms with Crippen LogP contribution in [0.25, 0.3) is 0 Å². The first-order chi connectivity index (χ1) is 15.0. The molecule has 2 aromatic rings. The van der Waals surface area contributed by atoms with Gasteiger partial charge in [-0.3, -0.25) is 9.71 Å². The number of sulfonamides is 1. The number of aliphatic imine (C=N–C) groups is 2. The Morgan fingerprint density at radius 3 is 2.94 bits per heavy atom. The number of hydrogen-bond acceptors (Lipinski definition) is 7. The summed E-state index contributed by atoms with van der Waals surface area (Å²) in [7, 11) is -3.53. The van der Waals surface area contributed by atoms with Gasteiger partial charge in [0.2, 0.25) is 10.0 Å². The van der Waals surface area contributed by atoms with E-state index in [-0.39, 0.29) is 22.8 Å². The Bertz CT molecular complexity index is 1200. The van der Waals surface area contributed by atoms with E-state index in [0.29, 0.717) is 12.2 Å². The fourth-order valence-electron chi connectivity index (χ4n) is 3.56. The molecule has 0 aromatic heterocycles. The maximum absolute atomic E-state index is 12.2. The van der Waals surface area contributed by atoms with Crippen molar-refractivity contribution in [3.8, 4) is 17.6 Å². The number of nitriles is 1. The van der Waals surface area contributed by atoms with Gasteiger partial charge in [-0.15, -0.1) is 0 Å². The lowest BCUT2D eigenvalue weighted by atomic mass is 10.1. The molecule has 9 heteroatoms. The number of anilines is 1. The third-order valence-corrected chi connectivity index (χ3v) is 6.47. The molecule has 31 heavy (non-hydrogen) atoms. The van der Waals surface area contributed by atoms with Crippen LogP contribution < -0.4 is 9.46 Å². The smallest absolute Gasteiger partial charge is 0.232 e. The fourth-order valence-corrected chi connectivity index (χ4v) is 4.71. The minimum absolute atomic E-state index is 0.0209. The molecule has 2 aromatic carbocycles. The molecule has 8 nitrogen and oxygen atoms in total. The summed E-state index contributed by atoms with van der Waals surface area (Å²) >= 11 is 0. The molecule has 4 rings (SSSR count). The van der Waals surface area contributed by atoms with Crippen LogP contribution in [0, 0.1) is 11.3 Å². The zero-order valence-corrected chi connectivity index (χ0v) is 18.0. The molecule has 0 unspecified atom stereocenters. The molecule has 0 spiro atoms. The molecule has 0 atom stereocenters. The standard InChI is InChI=1S/C22H23N5O3S/c1-2-12-31(28,29)26-20-6-5-7-21(18(20)14-23)30-16-8-9-19-17(13-16)22-24-10-3-4-11-27(22)15-25-19/h5-9,13,15,26H,2-4,10-12H2,1H3. The quantitative estimate of drug-likeness (QED) is 0.734. The van der Waals surface area contributed by atoms with Gasteiger partial charge in [0, 0.05) is 18.7 Å². The van der Waals surface area contributed by atoms with Crippen molar-refractivity contribution in [1.82, 2.24) is 4.90 Å². The SMILES string of the molecule is CCCS(=O)(=O)Nc1cccc(Oc2ccc3c(c2)C2=NCCCCN2C=N3)c1C#N. The van der Waals surface area contributed by atoms with Crippen LogP contribution in [0.5, 0.6) is 11.5 Å². The number of fused-ring (bicyclic) bond motifs is 3. The summed E-state index contributed by atoms with van der Waals surface area (Å²) in [5, 5.41) is 9.67. The van der Waals surface area contributed by atoms with Gasteiger partial charge in [-0.25, -0.2) is 13.4 Å². The average molecular weight is 438 g/mol. The summed E-state index contributed by atoms with van der Waals surface area (Å²) < 4.78 is 32.8. The van der Waals surface area contributed by atoms with E-state index in [2.05, 4.69) is 15.8 Å². The van der Waals surface area contributed by atoms with E-state index >= 15 is 0 Å². The first kappa shape index (κ1) is 20.9. The molecular weight excluding hydrogens is 414 g/mol. The van der Waals surface area contributed by atoms with Crippen molar-refractivity contribution >= 4 is 33.6 Å². The van der Waals surface area contributed by atoms with E-state index in [9.17, 15) is 13.7 Å². The van der Waals surface area contributed by atoms with Gasteiger partial charge in [0.05, 0.1) is 23.5 Å². The van der Waals surface area contributed by atoms with Crippen LogP contribution in [0.2, 0.25) is 0 Å². The third-order valence-electron chi connectivity index (χ3n) is 4.99. The van der Waals surface area contributed by atoms with Crippen molar-refractivity contribution in [2.45, 2.75) is 26.2 Å². The van der Waals surface area contributed by atoms with E-state index in [1.165, 1.54) is 0 Å². The molecule has 0 fully saturated rings. The topological polar surface area (TPSA) is 107 Å². The van der Waals surface area contributed by atoms with Crippen LogP contribution in [-0.2, 0) is 10.0 Å². The summed E-state index contributed by atoms with van der Waals surface area (Å²) in [4.78, 5) is 11.3. The van der Waals surface area contributed by atoms with Crippen molar-refractivity contribution in [2.24, 2.45) is 9.98 Å². The third kappa shape index (κ3) is 4.54. The molecule has 2 aliphatic heterocycles. The van der Waals surface area contributed by atoms with Crippen molar-refractivity contribution in [3.05, 3.63) is 47.5 Å². The maximum Gasteiger partial charge on any atom is 0.232 e. The molecular formula is C22H23N5O3S. The summed E-state index contributed by atoms with van der Waals surface area (Å²) in [6.45, 7) is 3.41. The monoisotopic (exact) mass is 437 g/mol. The zero-order chi connectivity index (χ0) is 21.8. The van der Waals surface area contributed by atoms with Gasteiger partial charge in [-0.05, 0) is 49.6 Å². The average Bonchev–Trinajstić information content (AvgIpc) is 2.99. The normalized spacial score (nSPS) is 15.2. The van der Waals surface area contributed by atoms with Crippen LogP contribution >= 0.6 is 0 Å². The lowest BCUT2D eigenvalue weighted by Gasteiger charge is -2.25. The highest BCUT2D eigenvalue weighted by Crippen LogP contribution is 2.34. The minimum atomic E-state index is -3.53. The molecule has 160 valence electrons. The summed E-state index contributed by atoms with van der Waals surface area (Å²) in [5.74, 6) is 1.65. The van der Waals surface area contributed by atoms with Crippen molar-refractivity contribution in [3.63, 3.8) is 0 Å². The van der Waals surface area contributed by atoms with Gasteiger partial charge < -0.3 is 9.64 Å². The Hall–Kier alpha value is -3.38.